The predicted octanol–water partition coefficient (Wildman–Crippen LogP) is 0.958. The molecular weight excluding hydrogens is 226 g/mol. The van der Waals surface area contributed by atoms with Crippen LogP contribution < -0.4 is 5.32 Å². The number of hydrogen-bond acceptors (Lipinski definition) is 7. The minimum Gasteiger partial charge on any atom is -0.318 e. The number of rotatable bonds is 2. The second kappa shape index (κ2) is 3.49. The van der Waals surface area contributed by atoms with Gasteiger partial charge in [-0.05, 0) is 0 Å². The molecule has 0 aliphatic rings. The SMILES string of the molecule is Cn1cnc2c(Nc3nncs3)ncnc21. The summed E-state index contributed by atoms with van der Waals surface area (Å²) < 4.78 is 1.84. The van der Waals surface area contributed by atoms with Gasteiger partial charge in [0.1, 0.15) is 11.8 Å². The number of hydrogen-bond donors (Lipinski definition) is 1. The number of fused-ring (bicyclic) bond motifs is 1. The molecule has 0 spiro atoms. The van der Waals surface area contributed by atoms with E-state index in [0.29, 0.717) is 10.9 Å². The zero-order valence-corrected chi connectivity index (χ0v) is 9.14. The van der Waals surface area contributed by atoms with Crippen LogP contribution in [-0.2, 0) is 7.05 Å². The van der Waals surface area contributed by atoms with Crippen molar-refractivity contribution in [1.82, 2.24) is 29.7 Å². The molecule has 0 aliphatic heterocycles. The smallest absolute Gasteiger partial charge is 0.211 e. The van der Waals surface area contributed by atoms with Gasteiger partial charge in [0.2, 0.25) is 5.13 Å². The molecule has 7 nitrogen and oxygen atoms in total. The fourth-order valence-electron chi connectivity index (χ4n) is 1.37. The summed E-state index contributed by atoms with van der Waals surface area (Å²) in [5.74, 6) is 0.641. The van der Waals surface area contributed by atoms with Crippen molar-refractivity contribution in [3.63, 3.8) is 0 Å². The third-order valence-corrected chi connectivity index (χ3v) is 2.69. The van der Waals surface area contributed by atoms with Crippen molar-refractivity contribution in [3.05, 3.63) is 18.2 Å². The summed E-state index contributed by atoms with van der Waals surface area (Å²) in [7, 11) is 1.89. The largest absolute Gasteiger partial charge is 0.318 e. The number of nitrogens with zero attached hydrogens (tertiary/aromatic N) is 6. The first-order valence-corrected chi connectivity index (χ1v) is 5.38. The third-order valence-electron chi connectivity index (χ3n) is 2.08. The summed E-state index contributed by atoms with van der Waals surface area (Å²) in [6, 6.07) is 0. The van der Waals surface area contributed by atoms with Crippen LogP contribution >= 0.6 is 11.3 Å². The van der Waals surface area contributed by atoms with E-state index in [9.17, 15) is 0 Å². The maximum atomic E-state index is 4.23. The monoisotopic (exact) mass is 233 g/mol. The minimum atomic E-state index is 0.641. The van der Waals surface area contributed by atoms with Gasteiger partial charge in [0.25, 0.3) is 0 Å². The molecule has 0 radical (unpaired) electrons. The molecule has 16 heavy (non-hydrogen) atoms. The summed E-state index contributed by atoms with van der Waals surface area (Å²) >= 11 is 1.40. The van der Waals surface area contributed by atoms with Crippen LogP contribution in [0.15, 0.2) is 18.2 Å². The van der Waals surface area contributed by atoms with Crippen LogP contribution in [0.1, 0.15) is 0 Å². The molecule has 0 bridgehead atoms. The lowest BCUT2D eigenvalue weighted by molar-refractivity contribution is 0.928. The molecule has 80 valence electrons. The van der Waals surface area contributed by atoms with E-state index in [1.54, 1.807) is 11.8 Å². The molecule has 0 saturated carbocycles. The Morgan fingerprint density at radius 2 is 2.25 bits per heavy atom. The lowest BCUT2D eigenvalue weighted by Crippen LogP contribution is -1.96. The predicted molar refractivity (Wildman–Crippen MR) is 59.5 cm³/mol. The van der Waals surface area contributed by atoms with E-state index in [0.717, 1.165) is 11.2 Å². The summed E-state index contributed by atoms with van der Waals surface area (Å²) in [6.45, 7) is 0. The molecule has 0 saturated heterocycles. The second-order valence-electron chi connectivity index (χ2n) is 3.12. The van der Waals surface area contributed by atoms with Crippen LogP contribution in [0.25, 0.3) is 11.2 Å². The molecule has 8 heteroatoms. The van der Waals surface area contributed by atoms with Crippen molar-refractivity contribution in [2.24, 2.45) is 7.05 Å². The summed E-state index contributed by atoms with van der Waals surface area (Å²) in [5.41, 5.74) is 3.15. The van der Waals surface area contributed by atoms with Gasteiger partial charge in [0.15, 0.2) is 17.0 Å². The first-order valence-electron chi connectivity index (χ1n) is 4.50. The van der Waals surface area contributed by atoms with E-state index >= 15 is 0 Å². The quantitative estimate of drug-likeness (QED) is 0.710. The number of anilines is 2. The Morgan fingerprint density at radius 3 is 3.06 bits per heavy atom. The Labute approximate surface area is 94.2 Å². The van der Waals surface area contributed by atoms with Gasteiger partial charge < -0.3 is 9.88 Å². The van der Waals surface area contributed by atoms with E-state index in [1.165, 1.54) is 17.7 Å². The molecule has 3 aromatic heterocycles. The van der Waals surface area contributed by atoms with Gasteiger partial charge in [-0.2, -0.15) is 0 Å². The van der Waals surface area contributed by atoms with Crippen molar-refractivity contribution < 1.29 is 0 Å². The standard InChI is InChI=1S/C8H7N7S/c1-15-3-11-5-6(9-2-10-7(5)15)13-8-14-12-4-16-8/h2-4H,1H3,(H,9,10,13,14). The zero-order chi connectivity index (χ0) is 11.0. The van der Waals surface area contributed by atoms with Crippen LogP contribution in [0.4, 0.5) is 10.9 Å². The average Bonchev–Trinajstić information content (AvgIpc) is 2.90. The Bertz CT molecular complexity index is 614. The Morgan fingerprint density at radius 1 is 1.31 bits per heavy atom. The fourth-order valence-corrected chi connectivity index (χ4v) is 1.81. The highest BCUT2D eigenvalue weighted by atomic mass is 32.1. The van der Waals surface area contributed by atoms with Gasteiger partial charge in [0.05, 0.1) is 6.33 Å². The molecular formula is C8H7N7S. The van der Waals surface area contributed by atoms with Gasteiger partial charge in [-0.1, -0.05) is 11.3 Å². The van der Waals surface area contributed by atoms with Gasteiger partial charge in [-0.15, -0.1) is 10.2 Å². The van der Waals surface area contributed by atoms with Gasteiger partial charge >= 0.3 is 0 Å². The normalized spacial score (nSPS) is 10.8. The molecule has 0 aromatic carbocycles. The topological polar surface area (TPSA) is 81.4 Å². The second-order valence-corrected chi connectivity index (χ2v) is 3.95. The summed E-state index contributed by atoms with van der Waals surface area (Å²) in [4.78, 5) is 12.5. The van der Waals surface area contributed by atoms with Crippen molar-refractivity contribution in [1.29, 1.82) is 0 Å². The lowest BCUT2D eigenvalue weighted by atomic mass is 10.5. The molecule has 1 N–H and O–H groups in total. The van der Waals surface area contributed by atoms with E-state index in [1.807, 2.05) is 11.6 Å². The molecule has 0 aliphatic carbocycles. The van der Waals surface area contributed by atoms with Crippen molar-refractivity contribution >= 4 is 33.5 Å². The highest BCUT2D eigenvalue weighted by Gasteiger charge is 2.09. The van der Waals surface area contributed by atoms with E-state index in [-0.39, 0.29) is 0 Å². The Kier molecular flexibility index (Phi) is 2.00. The van der Waals surface area contributed by atoms with E-state index in [2.05, 4.69) is 30.5 Å². The first kappa shape index (κ1) is 9.16. The maximum absolute atomic E-state index is 4.23. The van der Waals surface area contributed by atoms with Crippen molar-refractivity contribution in [2.75, 3.05) is 5.32 Å². The van der Waals surface area contributed by atoms with Crippen LogP contribution in [0, 0.1) is 0 Å². The summed E-state index contributed by atoms with van der Waals surface area (Å²) in [6.07, 6.45) is 3.19. The Hall–Kier alpha value is -2.09. The van der Waals surface area contributed by atoms with Gasteiger partial charge in [-0.3, -0.25) is 0 Å². The van der Waals surface area contributed by atoms with Crippen LogP contribution in [0.5, 0.6) is 0 Å². The summed E-state index contributed by atoms with van der Waals surface area (Å²) in [5, 5.41) is 11.4. The Balaban J connectivity index is 2.10. The fraction of sp³-hybridized carbons (Fsp3) is 0.125. The van der Waals surface area contributed by atoms with Crippen molar-refractivity contribution in [3.8, 4) is 0 Å². The highest BCUT2D eigenvalue weighted by Crippen LogP contribution is 2.21. The molecule has 0 amide bonds. The number of nitrogens with one attached hydrogen (secondary N) is 1. The number of imidazole rings is 1. The molecule has 3 aromatic rings. The van der Waals surface area contributed by atoms with Crippen LogP contribution in [0.3, 0.4) is 0 Å². The number of aryl methyl sites for hydroxylation is 1. The third kappa shape index (κ3) is 1.39. The van der Waals surface area contributed by atoms with Crippen LogP contribution in [0.2, 0.25) is 0 Å². The molecule has 3 heterocycles. The number of aromatic nitrogens is 6. The molecule has 0 atom stereocenters. The zero-order valence-electron chi connectivity index (χ0n) is 8.32. The lowest BCUT2D eigenvalue weighted by Gasteiger charge is -2.00. The van der Waals surface area contributed by atoms with Gasteiger partial charge in [0, 0.05) is 7.05 Å². The molecule has 3 rings (SSSR count). The average molecular weight is 233 g/mol. The molecule has 0 fully saturated rings. The molecule has 0 unspecified atom stereocenters. The van der Waals surface area contributed by atoms with E-state index in [4.69, 9.17) is 0 Å². The maximum Gasteiger partial charge on any atom is 0.211 e. The van der Waals surface area contributed by atoms with Crippen LogP contribution in [-0.4, -0.2) is 29.7 Å². The highest BCUT2D eigenvalue weighted by molar-refractivity contribution is 7.13. The van der Waals surface area contributed by atoms with E-state index < -0.39 is 0 Å². The van der Waals surface area contributed by atoms with Crippen molar-refractivity contribution in [2.45, 2.75) is 0 Å². The first-order chi connectivity index (χ1) is 7.84. The van der Waals surface area contributed by atoms with Gasteiger partial charge in [-0.25, -0.2) is 15.0 Å². The minimum absolute atomic E-state index is 0.641.